The Morgan fingerprint density at radius 2 is 2.19 bits per heavy atom. The fraction of sp³-hybridized carbons (Fsp3) is 0.316. The Kier molecular flexibility index (Phi) is 5.06. The van der Waals surface area contributed by atoms with Crippen LogP contribution in [0.2, 0.25) is 0 Å². The van der Waals surface area contributed by atoms with Gasteiger partial charge in [0, 0.05) is 13.2 Å². The first-order valence-corrected chi connectivity index (χ1v) is 8.42. The minimum atomic E-state index is -0.222. The lowest BCUT2D eigenvalue weighted by atomic mass is 10.1. The highest BCUT2D eigenvalue weighted by atomic mass is 16.5. The van der Waals surface area contributed by atoms with Gasteiger partial charge in [-0.15, -0.1) is 0 Å². The van der Waals surface area contributed by atoms with Crippen LogP contribution in [0.15, 0.2) is 36.5 Å². The molecule has 1 aliphatic rings. The van der Waals surface area contributed by atoms with E-state index in [0.717, 1.165) is 16.8 Å². The molecule has 1 aromatic heterocycles. The summed E-state index contributed by atoms with van der Waals surface area (Å²) >= 11 is 0. The summed E-state index contributed by atoms with van der Waals surface area (Å²) < 4.78 is 5.35. The summed E-state index contributed by atoms with van der Waals surface area (Å²) in [5.41, 5.74) is 3.41. The molecule has 26 heavy (non-hydrogen) atoms. The van der Waals surface area contributed by atoms with Gasteiger partial charge >= 0.3 is 6.03 Å². The molecule has 7 heteroatoms. The van der Waals surface area contributed by atoms with E-state index >= 15 is 0 Å². The van der Waals surface area contributed by atoms with Gasteiger partial charge in [0.2, 0.25) is 0 Å². The van der Waals surface area contributed by atoms with Gasteiger partial charge in [0.05, 0.1) is 24.0 Å². The molecule has 0 saturated heterocycles. The van der Waals surface area contributed by atoms with E-state index in [1.807, 2.05) is 38.1 Å². The normalized spacial score (nSPS) is 13.9. The average molecular weight is 354 g/mol. The molecule has 2 aromatic rings. The molecule has 7 nitrogen and oxygen atoms in total. The molecule has 1 aromatic carbocycles. The number of nitrogens with zero attached hydrogens (tertiary/aromatic N) is 2. The molecular weight excluding hydrogens is 332 g/mol. The Morgan fingerprint density at radius 1 is 1.38 bits per heavy atom. The summed E-state index contributed by atoms with van der Waals surface area (Å²) in [5.74, 6) is 0.450. The van der Waals surface area contributed by atoms with Crippen LogP contribution in [0, 0.1) is 6.92 Å². The Hall–Kier alpha value is -3.09. The lowest BCUT2D eigenvalue weighted by Crippen LogP contribution is -2.38. The summed E-state index contributed by atoms with van der Waals surface area (Å²) in [7, 11) is 1.73. The molecule has 0 fully saturated rings. The smallest absolute Gasteiger partial charge is 0.317 e. The van der Waals surface area contributed by atoms with Crippen molar-refractivity contribution in [2.45, 2.75) is 26.4 Å². The molecule has 2 N–H and O–H groups in total. The van der Waals surface area contributed by atoms with Crippen molar-refractivity contribution in [1.29, 1.82) is 0 Å². The van der Waals surface area contributed by atoms with E-state index in [0.29, 0.717) is 18.0 Å². The first-order valence-electron chi connectivity index (χ1n) is 8.42. The number of rotatable bonds is 4. The Morgan fingerprint density at radius 3 is 2.92 bits per heavy atom. The van der Waals surface area contributed by atoms with Crippen LogP contribution >= 0.6 is 0 Å². The van der Waals surface area contributed by atoms with E-state index < -0.39 is 0 Å². The average Bonchev–Trinajstić information content (AvgIpc) is 2.62. The third-order valence-corrected chi connectivity index (χ3v) is 4.19. The first kappa shape index (κ1) is 17.7. The summed E-state index contributed by atoms with van der Waals surface area (Å²) in [4.78, 5) is 29.8. The molecule has 3 amide bonds. The number of ether oxygens (including phenoxy) is 1. The highest BCUT2D eigenvalue weighted by molar-refractivity contribution is 5.95. The van der Waals surface area contributed by atoms with Gasteiger partial charge in [-0.1, -0.05) is 12.1 Å². The van der Waals surface area contributed by atoms with Crippen LogP contribution < -0.4 is 15.4 Å². The topological polar surface area (TPSA) is 83.6 Å². The molecule has 0 bridgehead atoms. The molecule has 0 spiro atoms. The second-order valence-corrected chi connectivity index (χ2v) is 6.45. The summed E-state index contributed by atoms with van der Waals surface area (Å²) in [5, 5.41) is 5.72. The number of hydrogen-bond acceptors (Lipinski definition) is 4. The largest absolute Gasteiger partial charge is 0.482 e. The van der Waals surface area contributed by atoms with Crippen molar-refractivity contribution in [3.8, 4) is 5.75 Å². The van der Waals surface area contributed by atoms with E-state index in [-0.39, 0.29) is 24.6 Å². The van der Waals surface area contributed by atoms with Crippen molar-refractivity contribution >= 4 is 17.6 Å². The van der Waals surface area contributed by atoms with Crippen molar-refractivity contribution in [3.63, 3.8) is 0 Å². The van der Waals surface area contributed by atoms with Crippen molar-refractivity contribution in [2.75, 3.05) is 19.0 Å². The number of aromatic nitrogens is 1. The summed E-state index contributed by atoms with van der Waals surface area (Å²) in [6.07, 6.45) is 1.78. The number of carbonyl (C=O) groups is 2. The number of anilines is 1. The number of benzene rings is 1. The maximum atomic E-state index is 12.4. The van der Waals surface area contributed by atoms with Crippen LogP contribution in [0.1, 0.15) is 29.8 Å². The summed E-state index contributed by atoms with van der Waals surface area (Å²) in [6, 6.07) is 8.96. The minimum absolute atomic E-state index is 0.0243. The van der Waals surface area contributed by atoms with Gasteiger partial charge in [0.1, 0.15) is 5.75 Å². The van der Waals surface area contributed by atoms with Gasteiger partial charge in [-0.2, -0.15) is 0 Å². The Labute approximate surface area is 152 Å². The number of aryl methyl sites for hydroxylation is 1. The molecule has 0 saturated carbocycles. The Balaban J connectivity index is 1.62. The van der Waals surface area contributed by atoms with E-state index in [4.69, 9.17) is 4.74 Å². The van der Waals surface area contributed by atoms with Crippen LogP contribution in [0.3, 0.4) is 0 Å². The summed E-state index contributed by atoms with van der Waals surface area (Å²) in [6.45, 7) is 4.31. The number of carbonyl (C=O) groups excluding carboxylic acids is 2. The minimum Gasteiger partial charge on any atom is -0.482 e. The van der Waals surface area contributed by atoms with Gasteiger partial charge < -0.3 is 20.3 Å². The molecule has 1 unspecified atom stereocenters. The maximum Gasteiger partial charge on any atom is 0.317 e. The highest BCUT2D eigenvalue weighted by Gasteiger charge is 2.19. The van der Waals surface area contributed by atoms with Gasteiger partial charge in [0.15, 0.2) is 6.61 Å². The zero-order valence-corrected chi connectivity index (χ0v) is 15.1. The van der Waals surface area contributed by atoms with Gasteiger partial charge in [-0.25, -0.2) is 4.79 Å². The number of urea groups is 1. The molecule has 1 aliphatic heterocycles. The number of pyridine rings is 1. The third-order valence-electron chi connectivity index (χ3n) is 4.19. The lowest BCUT2D eigenvalue weighted by Gasteiger charge is -2.23. The predicted octanol–water partition coefficient (Wildman–Crippen LogP) is 2.62. The zero-order chi connectivity index (χ0) is 18.7. The Bertz CT molecular complexity index is 820. The van der Waals surface area contributed by atoms with Crippen LogP contribution in [0.4, 0.5) is 10.5 Å². The molecule has 1 atom stereocenters. The molecule has 3 rings (SSSR count). The second kappa shape index (κ2) is 7.43. The van der Waals surface area contributed by atoms with Gasteiger partial charge in [0.25, 0.3) is 5.91 Å². The van der Waals surface area contributed by atoms with Crippen molar-refractivity contribution < 1.29 is 14.3 Å². The SMILES string of the molecule is Cc1ccc(CN(C)C(=O)NC(C)c2ccc3c(c2)NC(=O)CO3)nc1. The number of fused-ring (bicyclic) bond motifs is 1. The zero-order valence-electron chi connectivity index (χ0n) is 15.1. The molecule has 0 radical (unpaired) electrons. The fourth-order valence-corrected chi connectivity index (χ4v) is 2.66. The fourth-order valence-electron chi connectivity index (χ4n) is 2.66. The van der Waals surface area contributed by atoms with E-state index in [1.165, 1.54) is 0 Å². The van der Waals surface area contributed by atoms with Crippen molar-refractivity contribution in [3.05, 3.63) is 53.3 Å². The first-order chi connectivity index (χ1) is 12.4. The van der Waals surface area contributed by atoms with Crippen LogP contribution in [0.25, 0.3) is 0 Å². The van der Waals surface area contributed by atoms with Crippen molar-refractivity contribution in [2.24, 2.45) is 0 Å². The van der Waals surface area contributed by atoms with E-state index in [1.54, 1.807) is 24.2 Å². The molecular formula is C19H22N4O3. The third kappa shape index (κ3) is 4.11. The number of hydrogen-bond donors (Lipinski definition) is 2. The maximum absolute atomic E-state index is 12.4. The van der Waals surface area contributed by atoms with E-state index in [9.17, 15) is 9.59 Å². The number of nitrogens with one attached hydrogen (secondary N) is 2. The predicted molar refractivity (Wildman–Crippen MR) is 98.0 cm³/mol. The van der Waals surface area contributed by atoms with Crippen LogP contribution in [-0.4, -0.2) is 35.5 Å². The molecule has 136 valence electrons. The van der Waals surface area contributed by atoms with Gasteiger partial charge in [-0.3, -0.25) is 9.78 Å². The quantitative estimate of drug-likeness (QED) is 0.884. The highest BCUT2D eigenvalue weighted by Crippen LogP contribution is 2.30. The standard InChI is InChI=1S/C19H22N4O3/c1-12-4-6-15(20-9-12)10-23(3)19(25)21-13(2)14-5-7-17-16(8-14)22-18(24)11-26-17/h4-9,13H,10-11H2,1-3H3,(H,21,25)(H,22,24). The second-order valence-electron chi connectivity index (χ2n) is 6.45. The lowest BCUT2D eigenvalue weighted by molar-refractivity contribution is -0.118. The molecule has 0 aliphatic carbocycles. The van der Waals surface area contributed by atoms with Gasteiger partial charge in [-0.05, 0) is 43.2 Å². The van der Waals surface area contributed by atoms with Crippen molar-refractivity contribution in [1.82, 2.24) is 15.2 Å². The monoisotopic (exact) mass is 354 g/mol. The van der Waals surface area contributed by atoms with Crippen LogP contribution in [-0.2, 0) is 11.3 Å². The van der Waals surface area contributed by atoms with Crippen LogP contribution in [0.5, 0.6) is 5.75 Å². The number of amides is 3. The molecule has 2 heterocycles. The van der Waals surface area contributed by atoms with E-state index in [2.05, 4.69) is 15.6 Å².